The molecule has 1 aliphatic rings. The number of rotatable bonds is 4. The number of amides is 2. The van der Waals surface area contributed by atoms with Crippen molar-refractivity contribution in [2.45, 2.75) is 32.9 Å². The van der Waals surface area contributed by atoms with Crippen LogP contribution in [-0.4, -0.2) is 39.6 Å². The molecule has 1 unspecified atom stereocenters. The standard InChI is InChI=1S/C13H17ClN4O3/c1-7(2)6-18-13(21)11(14)9(5-15-18)16-8-4-10(19)17(3)12(8)20/h5,7-8,16H,4,6H2,1-3H3. The molecule has 1 aliphatic heterocycles. The first-order valence-corrected chi connectivity index (χ1v) is 7.01. The maximum absolute atomic E-state index is 12.1. The Bertz CT molecular complexity index is 641. The molecule has 21 heavy (non-hydrogen) atoms. The van der Waals surface area contributed by atoms with Crippen molar-refractivity contribution in [3.05, 3.63) is 21.6 Å². The molecule has 0 aromatic carbocycles. The van der Waals surface area contributed by atoms with E-state index in [0.29, 0.717) is 6.54 Å². The zero-order chi connectivity index (χ0) is 15.7. The highest BCUT2D eigenvalue weighted by Crippen LogP contribution is 2.21. The van der Waals surface area contributed by atoms with Gasteiger partial charge in [0.25, 0.3) is 11.5 Å². The van der Waals surface area contributed by atoms with E-state index in [1.807, 2.05) is 13.8 Å². The summed E-state index contributed by atoms with van der Waals surface area (Å²) in [5.41, 5.74) is -0.149. The van der Waals surface area contributed by atoms with Gasteiger partial charge in [-0.05, 0) is 5.92 Å². The van der Waals surface area contributed by atoms with Crippen molar-refractivity contribution in [3.63, 3.8) is 0 Å². The SMILES string of the molecule is CC(C)Cn1ncc(NC2CC(=O)N(C)C2=O)c(Cl)c1=O. The van der Waals surface area contributed by atoms with Crippen LogP contribution in [0, 0.1) is 5.92 Å². The molecule has 7 nitrogen and oxygen atoms in total. The lowest BCUT2D eigenvalue weighted by molar-refractivity contribution is -0.136. The zero-order valence-corrected chi connectivity index (χ0v) is 12.8. The number of likely N-dealkylation sites (N-methyl/N-ethyl adjacent to an activating group) is 1. The highest BCUT2D eigenvalue weighted by Gasteiger charge is 2.36. The average molecular weight is 313 g/mol. The molecule has 0 saturated carbocycles. The molecule has 0 spiro atoms. The van der Waals surface area contributed by atoms with Crippen molar-refractivity contribution in [2.75, 3.05) is 12.4 Å². The van der Waals surface area contributed by atoms with E-state index in [-0.39, 0.29) is 34.9 Å². The Kier molecular flexibility index (Phi) is 4.32. The van der Waals surface area contributed by atoms with Crippen molar-refractivity contribution in [1.29, 1.82) is 0 Å². The molecule has 2 amide bonds. The van der Waals surface area contributed by atoms with Crippen LogP contribution in [0.2, 0.25) is 5.02 Å². The summed E-state index contributed by atoms with van der Waals surface area (Å²) in [6.45, 7) is 4.39. The molecule has 1 aromatic heterocycles. The predicted octanol–water partition coefficient (Wildman–Crippen LogP) is 0.722. The van der Waals surface area contributed by atoms with Gasteiger partial charge in [0.2, 0.25) is 5.91 Å². The molecule has 114 valence electrons. The van der Waals surface area contributed by atoms with Crippen molar-refractivity contribution in [1.82, 2.24) is 14.7 Å². The Morgan fingerprint density at radius 2 is 2.10 bits per heavy atom. The van der Waals surface area contributed by atoms with Crippen molar-refractivity contribution < 1.29 is 9.59 Å². The quantitative estimate of drug-likeness (QED) is 0.828. The van der Waals surface area contributed by atoms with Gasteiger partial charge in [0.1, 0.15) is 11.1 Å². The minimum Gasteiger partial charge on any atom is -0.371 e. The molecule has 2 heterocycles. The van der Waals surface area contributed by atoms with Crippen molar-refractivity contribution in [2.24, 2.45) is 5.92 Å². The second kappa shape index (κ2) is 5.85. The second-order valence-electron chi connectivity index (χ2n) is 5.45. The summed E-state index contributed by atoms with van der Waals surface area (Å²) in [5, 5.41) is 6.83. The topological polar surface area (TPSA) is 84.3 Å². The first kappa shape index (κ1) is 15.5. The number of nitrogens with zero attached hydrogens (tertiary/aromatic N) is 3. The number of hydrogen-bond acceptors (Lipinski definition) is 5. The third kappa shape index (κ3) is 3.07. The Morgan fingerprint density at radius 3 is 2.62 bits per heavy atom. The predicted molar refractivity (Wildman–Crippen MR) is 78.1 cm³/mol. The van der Waals surface area contributed by atoms with Crippen LogP contribution in [0.5, 0.6) is 0 Å². The summed E-state index contributed by atoms with van der Waals surface area (Å²) in [7, 11) is 1.42. The Hall–Kier alpha value is -1.89. The van der Waals surface area contributed by atoms with E-state index in [1.54, 1.807) is 0 Å². The fraction of sp³-hybridized carbons (Fsp3) is 0.538. The molecule has 1 N–H and O–H groups in total. The van der Waals surface area contributed by atoms with Crippen LogP contribution in [0.25, 0.3) is 0 Å². The summed E-state index contributed by atoms with van der Waals surface area (Å²) >= 11 is 6.04. The number of halogens is 1. The van der Waals surface area contributed by atoms with Crippen LogP contribution >= 0.6 is 11.6 Å². The van der Waals surface area contributed by atoms with Gasteiger partial charge in [0, 0.05) is 13.6 Å². The van der Waals surface area contributed by atoms with Gasteiger partial charge >= 0.3 is 0 Å². The number of likely N-dealkylation sites (tertiary alicyclic amines) is 1. The van der Waals surface area contributed by atoms with Crippen LogP contribution in [0.1, 0.15) is 20.3 Å². The van der Waals surface area contributed by atoms with Crippen LogP contribution in [0.4, 0.5) is 5.69 Å². The van der Waals surface area contributed by atoms with Gasteiger partial charge in [0.15, 0.2) is 0 Å². The van der Waals surface area contributed by atoms with Gasteiger partial charge in [-0.1, -0.05) is 25.4 Å². The minimum atomic E-state index is -0.706. The molecule has 2 rings (SSSR count). The Morgan fingerprint density at radius 1 is 1.43 bits per heavy atom. The fourth-order valence-corrected chi connectivity index (χ4v) is 2.30. The number of hydrogen-bond donors (Lipinski definition) is 1. The van der Waals surface area contributed by atoms with E-state index in [0.717, 1.165) is 4.90 Å². The molecule has 0 radical (unpaired) electrons. The lowest BCUT2D eigenvalue weighted by Crippen LogP contribution is -2.33. The molecule has 1 fully saturated rings. The molecule has 1 atom stereocenters. The number of aromatic nitrogens is 2. The number of nitrogens with one attached hydrogen (secondary N) is 1. The van der Waals surface area contributed by atoms with E-state index >= 15 is 0 Å². The normalized spacial score (nSPS) is 18.7. The fourth-order valence-electron chi connectivity index (χ4n) is 2.10. The molecule has 8 heteroatoms. The lowest BCUT2D eigenvalue weighted by atomic mass is 10.2. The summed E-state index contributed by atoms with van der Waals surface area (Å²) < 4.78 is 1.28. The summed E-state index contributed by atoms with van der Waals surface area (Å²) in [6.07, 6.45) is 1.45. The first-order valence-electron chi connectivity index (χ1n) is 6.63. The number of anilines is 1. The Balaban J connectivity index is 2.23. The number of carbonyl (C=O) groups is 2. The molecule has 1 saturated heterocycles. The maximum Gasteiger partial charge on any atom is 0.287 e. The number of carbonyl (C=O) groups excluding carboxylic acids is 2. The van der Waals surface area contributed by atoms with Crippen molar-refractivity contribution >= 4 is 29.1 Å². The largest absolute Gasteiger partial charge is 0.371 e. The molecule has 1 aromatic rings. The van der Waals surface area contributed by atoms with Gasteiger partial charge in [-0.2, -0.15) is 5.10 Å². The highest BCUT2D eigenvalue weighted by atomic mass is 35.5. The van der Waals surface area contributed by atoms with Gasteiger partial charge in [-0.15, -0.1) is 0 Å². The molecular formula is C13H17ClN4O3. The lowest BCUT2D eigenvalue weighted by Gasteiger charge is -2.14. The van der Waals surface area contributed by atoms with Crippen molar-refractivity contribution in [3.8, 4) is 0 Å². The number of imide groups is 1. The van der Waals surface area contributed by atoms with Crippen LogP contribution in [0.15, 0.2) is 11.0 Å². The van der Waals surface area contributed by atoms with Gasteiger partial charge in [0.05, 0.1) is 18.3 Å². The monoisotopic (exact) mass is 312 g/mol. The minimum absolute atomic E-state index is 0.0274. The molecule has 0 aliphatic carbocycles. The maximum atomic E-state index is 12.1. The van der Waals surface area contributed by atoms with Crippen LogP contribution in [-0.2, 0) is 16.1 Å². The van der Waals surface area contributed by atoms with Crippen LogP contribution < -0.4 is 10.9 Å². The molecule has 0 bridgehead atoms. The smallest absolute Gasteiger partial charge is 0.287 e. The third-order valence-corrected chi connectivity index (χ3v) is 3.60. The summed E-state index contributed by atoms with van der Waals surface area (Å²) in [4.78, 5) is 36.4. The third-order valence-electron chi connectivity index (χ3n) is 3.23. The average Bonchev–Trinajstić information content (AvgIpc) is 2.65. The zero-order valence-electron chi connectivity index (χ0n) is 12.1. The van der Waals surface area contributed by atoms with Gasteiger partial charge in [-0.3, -0.25) is 19.3 Å². The summed E-state index contributed by atoms with van der Waals surface area (Å²) in [6, 6.07) is -0.706. The van der Waals surface area contributed by atoms with E-state index in [9.17, 15) is 14.4 Å². The first-order chi connectivity index (χ1) is 9.81. The van der Waals surface area contributed by atoms with E-state index in [1.165, 1.54) is 17.9 Å². The van der Waals surface area contributed by atoms with E-state index in [2.05, 4.69) is 10.4 Å². The molecular weight excluding hydrogens is 296 g/mol. The van der Waals surface area contributed by atoms with Crippen LogP contribution in [0.3, 0.4) is 0 Å². The van der Waals surface area contributed by atoms with Gasteiger partial charge in [-0.25, -0.2) is 4.68 Å². The second-order valence-corrected chi connectivity index (χ2v) is 5.82. The Labute approximate surface area is 126 Å². The van der Waals surface area contributed by atoms with E-state index in [4.69, 9.17) is 11.6 Å². The van der Waals surface area contributed by atoms with E-state index < -0.39 is 11.6 Å². The van der Waals surface area contributed by atoms with Gasteiger partial charge < -0.3 is 5.32 Å². The highest BCUT2D eigenvalue weighted by molar-refractivity contribution is 6.33. The summed E-state index contributed by atoms with van der Waals surface area (Å²) in [5.74, 6) is -0.357.